The first-order valence-electron chi connectivity index (χ1n) is 9.74. The van der Waals surface area contributed by atoms with E-state index < -0.39 is 0 Å². The van der Waals surface area contributed by atoms with Gasteiger partial charge in [-0.25, -0.2) is 0 Å². The quantitative estimate of drug-likeness (QED) is 0.666. The predicted molar refractivity (Wildman–Crippen MR) is 111 cm³/mol. The summed E-state index contributed by atoms with van der Waals surface area (Å²) in [7, 11) is 0. The molecule has 2 aromatic heterocycles. The minimum absolute atomic E-state index is 0.228. The summed E-state index contributed by atoms with van der Waals surface area (Å²) in [5.74, 6) is 1.15. The molecule has 0 aliphatic carbocycles. The molecule has 0 saturated carbocycles. The lowest BCUT2D eigenvalue weighted by Crippen LogP contribution is -3.10. The number of quaternary nitrogens is 1. The van der Waals surface area contributed by atoms with E-state index in [2.05, 4.69) is 46.7 Å². The lowest BCUT2D eigenvalue weighted by atomic mass is 10.2. The van der Waals surface area contributed by atoms with Gasteiger partial charge in [0.2, 0.25) is 0 Å². The molecular formula is C22H26N3O2S+. The van der Waals surface area contributed by atoms with E-state index in [0.717, 1.165) is 45.0 Å². The third-order valence-electron chi connectivity index (χ3n) is 5.16. The van der Waals surface area contributed by atoms with Crippen molar-refractivity contribution in [1.29, 1.82) is 0 Å². The smallest absolute Gasteiger partial charge is 0.277 e. The second kappa shape index (κ2) is 9.08. The molecule has 6 heteroatoms. The number of amides is 1. The van der Waals surface area contributed by atoms with Gasteiger partial charge in [-0.1, -0.05) is 24.3 Å². The van der Waals surface area contributed by atoms with Gasteiger partial charge in [0, 0.05) is 31.9 Å². The van der Waals surface area contributed by atoms with Gasteiger partial charge in [-0.15, -0.1) is 11.3 Å². The molecule has 1 N–H and O–H groups in total. The molecule has 0 spiro atoms. The summed E-state index contributed by atoms with van der Waals surface area (Å²) >= 11 is 1.74. The minimum atomic E-state index is 0.228. The highest BCUT2D eigenvalue weighted by Gasteiger charge is 2.25. The van der Waals surface area contributed by atoms with Gasteiger partial charge in [-0.05, 0) is 35.7 Å². The molecule has 146 valence electrons. The van der Waals surface area contributed by atoms with Crippen molar-refractivity contribution in [3.63, 3.8) is 0 Å². The molecule has 5 nitrogen and oxygen atoms in total. The Balaban J connectivity index is 1.34. The number of rotatable bonds is 7. The van der Waals surface area contributed by atoms with Gasteiger partial charge in [0.05, 0.1) is 11.1 Å². The van der Waals surface area contributed by atoms with Crippen molar-refractivity contribution in [3.8, 4) is 0 Å². The van der Waals surface area contributed by atoms with Crippen LogP contribution in [-0.2, 0) is 17.9 Å². The SMILES string of the molecule is O=C(C[NH+](Cc1ccco1)Cc1cccs1)N1CCN(c2ccccc2)CC1. The Morgan fingerprint density at radius 1 is 0.964 bits per heavy atom. The van der Waals surface area contributed by atoms with Crippen LogP contribution in [0.4, 0.5) is 5.69 Å². The van der Waals surface area contributed by atoms with Crippen molar-refractivity contribution in [2.75, 3.05) is 37.6 Å². The molecule has 1 atom stereocenters. The van der Waals surface area contributed by atoms with E-state index in [1.807, 2.05) is 23.1 Å². The van der Waals surface area contributed by atoms with E-state index >= 15 is 0 Å². The number of benzene rings is 1. The van der Waals surface area contributed by atoms with Crippen LogP contribution in [0.25, 0.3) is 0 Å². The van der Waals surface area contributed by atoms with Crippen molar-refractivity contribution < 1.29 is 14.1 Å². The lowest BCUT2D eigenvalue weighted by molar-refractivity contribution is -0.920. The average molecular weight is 397 g/mol. The lowest BCUT2D eigenvalue weighted by Gasteiger charge is -2.36. The molecule has 1 saturated heterocycles. The number of nitrogens with zero attached hydrogens (tertiary/aromatic N) is 2. The zero-order valence-corrected chi connectivity index (χ0v) is 16.7. The standard InChI is InChI=1S/C22H25N3O2S/c26-22(25-12-10-24(11-13-25)19-6-2-1-3-7-19)18-23(16-20-8-4-14-27-20)17-21-9-5-15-28-21/h1-9,14-15H,10-13,16-18H2/p+1. The Kier molecular flexibility index (Phi) is 6.09. The zero-order valence-electron chi connectivity index (χ0n) is 15.9. The highest BCUT2D eigenvalue weighted by atomic mass is 32.1. The van der Waals surface area contributed by atoms with Gasteiger partial charge in [-0.3, -0.25) is 4.79 Å². The normalized spacial score (nSPS) is 15.6. The van der Waals surface area contributed by atoms with Crippen LogP contribution in [0.15, 0.2) is 70.7 Å². The predicted octanol–water partition coefficient (Wildman–Crippen LogP) is 2.28. The molecule has 28 heavy (non-hydrogen) atoms. The van der Waals surface area contributed by atoms with Crippen LogP contribution in [0.2, 0.25) is 0 Å². The minimum Gasteiger partial charge on any atom is -0.463 e. The van der Waals surface area contributed by atoms with Crippen molar-refractivity contribution in [2.45, 2.75) is 13.1 Å². The number of hydrogen-bond donors (Lipinski definition) is 1. The molecule has 0 radical (unpaired) electrons. The van der Waals surface area contributed by atoms with E-state index in [1.165, 1.54) is 15.5 Å². The fraction of sp³-hybridized carbons (Fsp3) is 0.318. The number of carbonyl (C=O) groups is 1. The highest BCUT2D eigenvalue weighted by Crippen LogP contribution is 2.15. The largest absolute Gasteiger partial charge is 0.463 e. The Hall–Kier alpha value is -2.57. The number of carbonyl (C=O) groups excluding carboxylic acids is 1. The first-order chi connectivity index (χ1) is 13.8. The molecule has 0 bridgehead atoms. The fourth-order valence-corrected chi connectivity index (χ4v) is 4.46. The molecule has 1 unspecified atom stereocenters. The molecule has 4 rings (SSSR count). The summed E-state index contributed by atoms with van der Waals surface area (Å²) in [4.78, 5) is 19.8. The van der Waals surface area contributed by atoms with Crippen LogP contribution in [0.5, 0.6) is 0 Å². The van der Waals surface area contributed by atoms with Crippen LogP contribution in [0.1, 0.15) is 10.6 Å². The van der Waals surface area contributed by atoms with Crippen LogP contribution in [0.3, 0.4) is 0 Å². The number of hydrogen-bond acceptors (Lipinski definition) is 4. The molecule has 1 amide bonds. The van der Waals surface area contributed by atoms with E-state index in [4.69, 9.17) is 4.42 Å². The maximum Gasteiger partial charge on any atom is 0.277 e. The monoisotopic (exact) mass is 396 g/mol. The number of anilines is 1. The molecule has 3 heterocycles. The maximum absolute atomic E-state index is 13.0. The Bertz CT molecular complexity index is 805. The molecule has 3 aromatic rings. The van der Waals surface area contributed by atoms with E-state index in [9.17, 15) is 4.79 Å². The van der Waals surface area contributed by atoms with Crippen LogP contribution >= 0.6 is 11.3 Å². The van der Waals surface area contributed by atoms with Crippen molar-refractivity contribution in [2.24, 2.45) is 0 Å². The van der Waals surface area contributed by atoms with Crippen LogP contribution in [0, 0.1) is 0 Å². The zero-order chi connectivity index (χ0) is 19.2. The summed E-state index contributed by atoms with van der Waals surface area (Å²) in [5, 5.41) is 2.09. The third kappa shape index (κ3) is 4.82. The van der Waals surface area contributed by atoms with Gasteiger partial charge >= 0.3 is 0 Å². The molecule has 1 aliphatic rings. The van der Waals surface area contributed by atoms with Gasteiger partial charge in [-0.2, -0.15) is 0 Å². The summed E-state index contributed by atoms with van der Waals surface area (Å²) in [5.41, 5.74) is 1.23. The number of thiophene rings is 1. The summed E-state index contributed by atoms with van der Waals surface area (Å²) in [6.07, 6.45) is 1.70. The van der Waals surface area contributed by atoms with Crippen molar-refractivity contribution in [1.82, 2.24) is 4.90 Å². The Morgan fingerprint density at radius 3 is 2.46 bits per heavy atom. The third-order valence-corrected chi connectivity index (χ3v) is 6.04. The van der Waals surface area contributed by atoms with Crippen molar-refractivity contribution in [3.05, 3.63) is 76.9 Å². The van der Waals surface area contributed by atoms with Crippen molar-refractivity contribution >= 4 is 22.9 Å². The van der Waals surface area contributed by atoms with Crippen LogP contribution < -0.4 is 9.80 Å². The molecule has 1 aromatic carbocycles. The van der Waals surface area contributed by atoms with Gasteiger partial charge < -0.3 is 19.1 Å². The average Bonchev–Trinajstić information content (AvgIpc) is 3.43. The highest BCUT2D eigenvalue weighted by molar-refractivity contribution is 7.09. The first-order valence-corrected chi connectivity index (χ1v) is 10.6. The second-order valence-corrected chi connectivity index (χ2v) is 8.17. The molecular weight excluding hydrogens is 370 g/mol. The van der Waals surface area contributed by atoms with Gasteiger partial charge in [0.15, 0.2) is 12.3 Å². The van der Waals surface area contributed by atoms with E-state index in [1.54, 1.807) is 17.6 Å². The number of piperazine rings is 1. The molecule has 1 aliphatic heterocycles. The van der Waals surface area contributed by atoms with E-state index in [-0.39, 0.29) is 5.91 Å². The topological polar surface area (TPSA) is 41.1 Å². The first kappa shape index (κ1) is 18.8. The summed E-state index contributed by atoms with van der Waals surface area (Å²) in [6.45, 7) is 5.38. The van der Waals surface area contributed by atoms with Gasteiger partial charge in [0.1, 0.15) is 13.1 Å². The maximum atomic E-state index is 13.0. The second-order valence-electron chi connectivity index (χ2n) is 7.14. The number of para-hydroxylation sites is 1. The number of furan rings is 1. The molecule has 1 fully saturated rings. The Morgan fingerprint density at radius 2 is 1.79 bits per heavy atom. The Labute approximate surface area is 169 Å². The van der Waals surface area contributed by atoms with Crippen LogP contribution in [-0.4, -0.2) is 43.5 Å². The van der Waals surface area contributed by atoms with Gasteiger partial charge in [0.25, 0.3) is 5.91 Å². The fourth-order valence-electron chi connectivity index (χ4n) is 3.69. The number of nitrogens with one attached hydrogen (secondary N) is 1. The summed E-state index contributed by atoms with van der Waals surface area (Å²) in [6, 6.07) is 18.5. The summed E-state index contributed by atoms with van der Waals surface area (Å²) < 4.78 is 5.52. The van der Waals surface area contributed by atoms with E-state index in [0.29, 0.717) is 6.54 Å².